The highest BCUT2D eigenvalue weighted by molar-refractivity contribution is 4.94. The van der Waals surface area contributed by atoms with Gasteiger partial charge < -0.3 is 110 Å². The standard InChI is InChI=1S/C12H22O11.C12H24O11/c13-1-3-5(15)6(16)9(19)12(22-3)23-10-4(2-14)21-11(20)8(18)7(10)17;13-1-4(16)7(18)11(5(17)2-14)23-12-10(21)9(20)8(19)6(3-15)22-12/h3-20H,1-2H2;4-21H,1-3H2/t3-,4-,5+,6+,7-,8-,9-,10-,11-,12+;4-,5+,6+,7+,8-,9-,10+,11+,12-/m10/s1. The van der Waals surface area contributed by atoms with Gasteiger partial charge in [-0.3, -0.25) is 0 Å². The minimum atomic E-state index is -1.85. The van der Waals surface area contributed by atoms with Crippen molar-refractivity contribution in [3.05, 3.63) is 0 Å². The number of aliphatic hydroxyl groups excluding tert-OH is 17. The number of ether oxygens (including phenoxy) is 5. The fourth-order valence-corrected chi connectivity index (χ4v) is 4.73. The first-order valence-corrected chi connectivity index (χ1v) is 14.1. The van der Waals surface area contributed by atoms with Crippen molar-refractivity contribution < 1.29 is 110 Å². The molecular weight excluding hydrogens is 640 g/mol. The van der Waals surface area contributed by atoms with E-state index in [1.54, 1.807) is 0 Å². The Hall–Kier alpha value is -0.880. The summed E-state index contributed by atoms with van der Waals surface area (Å²) < 4.78 is 25.4. The number of hydrogen-bond donors (Lipinski definition) is 17. The van der Waals surface area contributed by atoms with Gasteiger partial charge in [0.25, 0.3) is 0 Å². The fraction of sp³-hybridized carbons (Fsp3) is 1.00. The van der Waals surface area contributed by atoms with Gasteiger partial charge in [0.15, 0.2) is 18.9 Å². The monoisotopic (exact) mass is 686 g/mol. The Morgan fingerprint density at radius 1 is 0.478 bits per heavy atom. The molecule has 0 unspecified atom stereocenters. The van der Waals surface area contributed by atoms with Crippen LogP contribution in [0.5, 0.6) is 0 Å². The smallest absolute Gasteiger partial charge is 0.187 e. The summed E-state index contributed by atoms with van der Waals surface area (Å²) in [6.45, 7) is -3.80. The average molecular weight is 687 g/mol. The molecule has 3 fully saturated rings. The molecule has 22 nitrogen and oxygen atoms in total. The van der Waals surface area contributed by atoms with Gasteiger partial charge in [0.2, 0.25) is 0 Å². The van der Waals surface area contributed by atoms with Crippen LogP contribution in [-0.4, -0.2) is 236 Å². The highest BCUT2D eigenvalue weighted by Gasteiger charge is 2.50. The molecule has 274 valence electrons. The van der Waals surface area contributed by atoms with Crippen molar-refractivity contribution >= 4 is 0 Å². The van der Waals surface area contributed by atoms with E-state index in [4.69, 9.17) is 44.1 Å². The summed E-state index contributed by atoms with van der Waals surface area (Å²) in [5.74, 6) is 0. The Labute approximate surface area is 260 Å². The first-order chi connectivity index (χ1) is 21.6. The van der Waals surface area contributed by atoms with Gasteiger partial charge in [0.1, 0.15) is 97.7 Å². The third kappa shape index (κ3) is 9.63. The van der Waals surface area contributed by atoms with E-state index in [0.717, 1.165) is 0 Å². The first kappa shape index (κ1) is 41.3. The summed E-state index contributed by atoms with van der Waals surface area (Å²) in [7, 11) is 0. The molecule has 46 heavy (non-hydrogen) atoms. The number of hydrogen-bond acceptors (Lipinski definition) is 22. The van der Waals surface area contributed by atoms with Crippen LogP contribution in [-0.2, 0) is 23.7 Å². The molecule has 0 bridgehead atoms. The summed E-state index contributed by atoms with van der Waals surface area (Å²) >= 11 is 0. The molecule has 3 aliphatic rings. The average Bonchev–Trinajstić information content (AvgIpc) is 3.06. The third-order valence-electron chi connectivity index (χ3n) is 7.60. The largest absolute Gasteiger partial charge is 0.394 e. The van der Waals surface area contributed by atoms with E-state index in [2.05, 4.69) is 0 Å². The highest BCUT2D eigenvalue weighted by Crippen LogP contribution is 2.29. The zero-order chi connectivity index (χ0) is 35.0. The molecule has 3 saturated heterocycles. The Morgan fingerprint density at radius 3 is 1.39 bits per heavy atom. The summed E-state index contributed by atoms with van der Waals surface area (Å²) in [6, 6.07) is 0. The molecular formula is C24H46O22. The van der Waals surface area contributed by atoms with E-state index < -0.39 is 150 Å². The van der Waals surface area contributed by atoms with Crippen molar-refractivity contribution in [2.45, 2.75) is 117 Å². The van der Waals surface area contributed by atoms with E-state index in [0.29, 0.717) is 0 Å². The van der Waals surface area contributed by atoms with Crippen LogP contribution in [0.25, 0.3) is 0 Å². The molecule has 22 heteroatoms. The van der Waals surface area contributed by atoms with Crippen molar-refractivity contribution in [1.29, 1.82) is 0 Å². The van der Waals surface area contributed by atoms with Crippen molar-refractivity contribution in [3.63, 3.8) is 0 Å². The molecule has 0 spiro atoms. The zero-order valence-electron chi connectivity index (χ0n) is 24.1. The Kier molecular flexibility index (Phi) is 16.8. The predicted octanol–water partition coefficient (Wildman–Crippen LogP) is -11.2. The molecule has 0 saturated carbocycles. The van der Waals surface area contributed by atoms with Gasteiger partial charge in [-0.25, -0.2) is 0 Å². The molecule has 0 aromatic carbocycles. The van der Waals surface area contributed by atoms with Crippen LogP contribution in [0.4, 0.5) is 0 Å². The van der Waals surface area contributed by atoms with Crippen LogP contribution in [0.15, 0.2) is 0 Å². The minimum absolute atomic E-state index is 0.667. The van der Waals surface area contributed by atoms with E-state index in [1.165, 1.54) is 0 Å². The van der Waals surface area contributed by atoms with Crippen LogP contribution in [0, 0.1) is 0 Å². The normalized spacial score (nSPS) is 44.4. The van der Waals surface area contributed by atoms with Crippen LogP contribution in [0.1, 0.15) is 0 Å². The third-order valence-corrected chi connectivity index (χ3v) is 7.60. The number of rotatable bonds is 12. The molecule has 0 aliphatic carbocycles. The zero-order valence-corrected chi connectivity index (χ0v) is 24.1. The van der Waals surface area contributed by atoms with Gasteiger partial charge in [0.05, 0.1) is 33.0 Å². The second kappa shape index (κ2) is 18.8. The van der Waals surface area contributed by atoms with Gasteiger partial charge in [-0.2, -0.15) is 0 Å². The van der Waals surface area contributed by atoms with Crippen molar-refractivity contribution in [2.75, 3.05) is 33.0 Å². The quantitative estimate of drug-likeness (QED) is 0.0905. The van der Waals surface area contributed by atoms with E-state index in [1.807, 2.05) is 0 Å². The molecule has 3 rings (SSSR count). The van der Waals surface area contributed by atoms with Crippen LogP contribution < -0.4 is 0 Å². The molecule has 0 aromatic heterocycles. The maximum absolute atomic E-state index is 9.94. The molecule has 3 aliphatic heterocycles. The van der Waals surface area contributed by atoms with Crippen molar-refractivity contribution in [3.8, 4) is 0 Å². The second-order valence-corrected chi connectivity index (χ2v) is 10.8. The minimum Gasteiger partial charge on any atom is -0.394 e. The molecule has 17 N–H and O–H groups in total. The van der Waals surface area contributed by atoms with Gasteiger partial charge >= 0.3 is 0 Å². The summed E-state index contributed by atoms with van der Waals surface area (Å²) in [4.78, 5) is 0. The summed E-state index contributed by atoms with van der Waals surface area (Å²) in [6.07, 6.45) is -30.6. The maximum atomic E-state index is 9.94. The highest BCUT2D eigenvalue weighted by atomic mass is 16.7. The van der Waals surface area contributed by atoms with E-state index in [-0.39, 0.29) is 0 Å². The lowest BCUT2D eigenvalue weighted by Crippen LogP contribution is -2.64. The van der Waals surface area contributed by atoms with E-state index in [9.17, 15) is 66.4 Å². The molecule has 0 aromatic rings. The van der Waals surface area contributed by atoms with Crippen molar-refractivity contribution in [1.82, 2.24) is 0 Å². The summed E-state index contributed by atoms with van der Waals surface area (Å²) in [5.41, 5.74) is 0. The predicted molar refractivity (Wildman–Crippen MR) is 139 cm³/mol. The second-order valence-electron chi connectivity index (χ2n) is 10.8. The molecule has 3 heterocycles. The molecule has 0 radical (unpaired) electrons. The molecule has 0 amide bonds. The lowest BCUT2D eigenvalue weighted by atomic mass is 9.97. The number of aliphatic hydroxyl groups is 17. The SMILES string of the molecule is OC[C@@H](O)[C@@H](O[C@@H]1O[C@H](CO)[C@H](O)[C@H](O)[C@H]1O)[C@H](O)[C@@H](O)CO.OC[C@H]1O[C@@H](O[C@H]2[C@H](O)[C@@H](O)[C@H](O)O[C@@H]2CO)[C@H](O)[C@@H](O)[C@H]1O. The van der Waals surface area contributed by atoms with Gasteiger partial charge in [0, 0.05) is 0 Å². The Bertz CT molecular complexity index is 812. The fourth-order valence-electron chi connectivity index (χ4n) is 4.73. The lowest BCUT2D eigenvalue weighted by molar-refractivity contribution is -0.355. The Balaban J connectivity index is 0.000000320. The lowest BCUT2D eigenvalue weighted by Gasteiger charge is -2.45. The van der Waals surface area contributed by atoms with Crippen LogP contribution in [0.2, 0.25) is 0 Å². The van der Waals surface area contributed by atoms with Crippen molar-refractivity contribution in [2.24, 2.45) is 0 Å². The Morgan fingerprint density at radius 2 is 0.935 bits per heavy atom. The summed E-state index contributed by atoms with van der Waals surface area (Å²) in [5, 5.41) is 161. The van der Waals surface area contributed by atoms with Gasteiger partial charge in [-0.1, -0.05) is 0 Å². The van der Waals surface area contributed by atoms with Crippen LogP contribution in [0.3, 0.4) is 0 Å². The maximum Gasteiger partial charge on any atom is 0.187 e. The van der Waals surface area contributed by atoms with Gasteiger partial charge in [-0.05, 0) is 0 Å². The molecule has 19 atom stereocenters. The van der Waals surface area contributed by atoms with E-state index >= 15 is 0 Å². The van der Waals surface area contributed by atoms with Gasteiger partial charge in [-0.15, -0.1) is 0 Å². The van der Waals surface area contributed by atoms with Crippen LogP contribution >= 0.6 is 0 Å². The topological polar surface area (TPSA) is 390 Å². The first-order valence-electron chi connectivity index (χ1n) is 14.1.